The smallest absolute Gasteiger partial charge is 0.790 e. The Bertz CT molecular complexity index is 775. The van der Waals surface area contributed by atoms with Crippen LogP contribution in [0, 0.1) is 0 Å². The summed E-state index contributed by atoms with van der Waals surface area (Å²) in [5, 5.41) is 20.0. The van der Waals surface area contributed by atoms with E-state index in [-0.39, 0.29) is 81.6 Å². The first-order valence-corrected chi connectivity index (χ1v) is 7.85. The number of imidazole rings is 1. The molecule has 1 fully saturated rings. The number of aromatic nitrogens is 4. The molecule has 0 aliphatic carbocycles. The van der Waals surface area contributed by atoms with Gasteiger partial charge in [-0.25, -0.2) is 15.0 Å². The van der Waals surface area contributed by atoms with E-state index in [2.05, 4.69) is 19.5 Å². The third-order valence-corrected chi connectivity index (χ3v) is 3.86. The largest absolute Gasteiger partial charge is 1.00 e. The first-order chi connectivity index (χ1) is 10.8. The third kappa shape index (κ3) is 5.43. The summed E-state index contributed by atoms with van der Waals surface area (Å²) in [5.41, 5.74) is 6.19. The maximum Gasteiger partial charge on any atom is 1.00 e. The molecule has 13 nitrogen and oxygen atoms in total. The second-order valence-corrected chi connectivity index (χ2v) is 6.02. The first-order valence-electron chi connectivity index (χ1n) is 6.39. The number of aliphatic hydroxyl groups excluding tert-OH is 2. The number of phosphoric acid groups is 1. The van der Waals surface area contributed by atoms with Gasteiger partial charge in [-0.15, -0.1) is 0 Å². The van der Waals surface area contributed by atoms with Crippen LogP contribution in [0.1, 0.15) is 6.23 Å². The van der Waals surface area contributed by atoms with E-state index in [1.165, 1.54) is 17.2 Å². The Balaban J connectivity index is 0.00000208. The summed E-state index contributed by atoms with van der Waals surface area (Å²) >= 11 is 0. The monoisotopic (exact) mass is 409 g/mol. The zero-order valence-corrected chi connectivity index (χ0v) is 18.8. The van der Waals surface area contributed by atoms with Crippen molar-refractivity contribution in [3.05, 3.63) is 12.7 Å². The first kappa shape index (κ1) is 26.3. The van der Waals surface area contributed by atoms with Gasteiger partial charge < -0.3 is 45.0 Å². The fourth-order valence-corrected chi connectivity index (χ4v) is 2.65. The Kier molecular flexibility index (Phi) is 10.3. The van der Waals surface area contributed by atoms with Crippen molar-refractivity contribution >= 4 is 24.8 Å². The average Bonchev–Trinajstić information content (AvgIpc) is 3.01. The summed E-state index contributed by atoms with van der Waals surface area (Å²) in [6.45, 7) is -0.719. The Morgan fingerprint density at radius 2 is 1.92 bits per heavy atom. The topological polar surface area (TPSA) is 223 Å². The van der Waals surface area contributed by atoms with Crippen molar-refractivity contribution in [3.8, 4) is 0 Å². The van der Waals surface area contributed by atoms with Crippen LogP contribution in [0.5, 0.6) is 0 Å². The van der Waals surface area contributed by atoms with Crippen molar-refractivity contribution < 1.29 is 98.4 Å². The van der Waals surface area contributed by atoms with E-state index in [4.69, 9.17) is 10.5 Å². The summed E-state index contributed by atoms with van der Waals surface area (Å²) in [5.74, 6) is 0.125. The molecule has 0 radical (unpaired) electrons. The Morgan fingerprint density at radius 1 is 1.27 bits per heavy atom. The van der Waals surface area contributed by atoms with Gasteiger partial charge in [-0.1, -0.05) is 0 Å². The number of rotatable bonds is 4. The van der Waals surface area contributed by atoms with Gasteiger partial charge in [-0.05, 0) is 0 Å². The van der Waals surface area contributed by atoms with Gasteiger partial charge >= 0.3 is 59.1 Å². The van der Waals surface area contributed by atoms with Crippen LogP contribution in [0.25, 0.3) is 11.2 Å². The van der Waals surface area contributed by atoms with Gasteiger partial charge in [0.1, 0.15) is 30.2 Å². The predicted molar refractivity (Wildman–Crippen MR) is 72.8 cm³/mol. The number of hydrogen-bond donors (Lipinski definition) is 3. The van der Waals surface area contributed by atoms with Crippen LogP contribution in [0.3, 0.4) is 0 Å². The quantitative estimate of drug-likeness (QED) is 0.317. The number of nitrogens with zero attached hydrogens (tertiary/aromatic N) is 4. The Labute approximate surface area is 191 Å². The van der Waals surface area contributed by atoms with E-state index >= 15 is 0 Å². The average molecular weight is 409 g/mol. The molecule has 4 unspecified atom stereocenters. The number of phosphoric ester groups is 1. The molecule has 0 bridgehead atoms. The molecule has 134 valence electrons. The van der Waals surface area contributed by atoms with Gasteiger partial charge in [0.2, 0.25) is 0 Å². The molecule has 0 aromatic carbocycles. The minimum absolute atomic E-state index is 0. The number of hydrogen-bond acceptors (Lipinski definition) is 11. The Hall–Kier alpha value is 0.300. The van der Waals surface area contributed by atoms with Gasteiger partial charge in [-0.3, -0.25) is 4.57 Å². The van der Waals surface area contributed by atoms with Crippen molar-refractivity contribution in [1.82, 2.24) is 19.5 Å². The fraction of sp³-hybridized carbons (Fsp3) is 0.500. The maximum atomic E-state index is 10.5. The number of nitrogens with two attached hydrogens (primary N) is 1. The Morgan fingerprint density at radius 3 is 2.54 bits per heavy atom. The van der Waals surface area contributed by atoms with E-state index in [1.54, 1.807) is 0 Å². The van der Waals surface area contributed by atoms with E-state index in [0.29, 0.717) is 0 Å². The SMILES string of the molecule is Nc1ncnc2c1ncn2C1OC(COP(=O)([O-])[O-])C(O)C1O.O.[Na+].[Na+]. The standard InChI is InChI=1S/C10H14N5O7P.2Na.H2O/c11-8-5-9(13-2-12-8)15(3-14-5)10-7(17)6(16)4(22-10)1-21-23(18,19)20;;;/h2-4,6-7,10,16-17H,1H2,(H2,11,12,13)(H2,18,19,20);;;1H2/q;2*+1;/p-2. The minimum atomic E-state index is -5.22. The van der Waals surface area contributed by atoms with Crippen LogP contribution in [0.15, 0.2) is 12.7 Å². The van der Waals surface area contributed by atoms with Crippen molar-refractivity contribution in [1.29, 1.82) is 0 Å². The van der Waals surface area contributed by atoms with Gasteiger partial charge in [0.05, 0.1) is 20.8 Å². The molecule has 1 aliphatic rings. The molecule has 3 rings (SSSR count). The number of ether oxygens (including phenoxy) is 1. The molecule has 0 saturated carbocycles. The molecule has 4 atom stereocenters. The molecule has 16 heteroatoms. The third-order valence-electron chi connectivity index (χ3n) is 3.40. The molecular formula is C10H14N5Na2O8P. The van der Waals surface area contributed by atoms with Crippen LogP contribution in [-0.2, 0) is 13.8 Å². The summed E-state index contributed by atoms with van der Waals surface area (Å²) < 4.78 is 21.3. The zero-order valence-electron chi connectivity index (χ0n) is 13.9. The molecule has 26 heavy (non-hydrogen) atoms. The van der Waals surface area contributed by atoms with Crippen LogP contribution >= 0.6 is 7.82 Å². The van der Waals surface area contributed by atoms with Crippen molar-refractivity contribution in [2.45, 2.75) is 24.5 Å². The minimum Gasteiger partial charge on any atom is -0.790 e. The number of aliphatic hydroxyl groups is 2. The van der Waals surface area contributed by atoms with Crippen molar-refractivity contribution in [2.75, 3.05) is 12.3 Å². The van der Waals surface area contributed by atoms with Crippen LogP contribution in [0.4, 0.5) is 5.82 Å². The number of nitrogen functional groups attached to an aromatic ring is 1. The van der Waals surface area contributed by atoms with Gasteiger partial charge in [0.15, 0.2) is 17.7 Å². The van der Waals surface area contributed by atoms with Crippen molar-refractivity contribution in [3.63, 3.8) is 0 Å². The summed E-state index contributed by atoms with van der Waals surface area (Å²) in [6, 6.07) is 0. The van der Waals surface area contributed by atoms with Gasteiger partial charge in [0, 0.05) is 0 Å². The van der Waals surface area contributed by atoms with E-state index in [9.17, 15) is 24.6 Å². The second kappa shape index (κ2) is 10.2. The second-order valence-electron chi connectivity index (χ2n) is 4.87. The molecule has 2 aromatic heterocycles. The van der Waals surface area contributed by atoms with Crippen LogP contribution < -0.4 is 74.6 Å². The molecular weight excluding hydrogens is 395 g/mol. The van der Waals surface area contributed by atoms with E-state index in [1.807, 2.05) is 0 Å². The van der Waals surface area contributed by atoms with Crippen LogP contribution in [-0.4, -0.2) is 60.1 Å². The van der Waals surface area contributed by atoms with E-state index < -0.39 is 39.0 Å². The van der Waals surface area contributed by atoms with E-state index in [0.717, 1.165) is 0 Å². The normalized spacial score (nSPS) is 25.2. The molecule has 3 heterocycles. The fourth-order valence-electron chi connectivity index (χ4n) is 2.32. The maximum absolute atomic E-state index is 10.5. The summed E-state index contributed by atoms with van der Waals surface area (Å²) in [7, 11) is -5.22. The molecule has 0 spiro atoms. The predicted octanol–water partition coefficient (Wildman–Crippen LogP) is -9.94. The van der Waals surface area contributed by atoms with Gasteiger partial charge in [-0.2, -0.15) is 0 Å². The van der Waals surface area contributed by atoms with Gasteiger partial charge in [0.25, 0.3) is 0 Å². The molecule has 2 aromatic rings. The zero-order chi connectivity index (χ0) is 16.8. The number of fused-ring (bicyclic) bond motifs is 1. The summed E-state index contributed by atoms with van der Waals surface area (Å²) in [6.07, 6.45) is -2.75. The van der Waals surface area contributed by atoms with Crippen molar-refractivity contribution in [2.24, 2.45) is 0 Å². The van der Waals surface area contributed by atoms with Crippen LogP contribution in [0.2, 0.25) is 0 Å². The summed E-state index contributed by atoms with van der Waals surface area (Å²) in [4.78, 5) is 32.8. The molecule has 1 saturated heterocycles. The molecule has 0 amide bonds. The molecule has 6 N–H and O–H groups in total. The molecule has 1 aliphatic heterocycles. The number of anilines is 1.